The summed E-state index contributed by atoms with van der Waals surface area (Å²) >= 11 is 0. The molecule has 0 radical (unpaired) electrons. The Labute approximate surface area is 128 Å². The van der Waals surface area contributed by atoms with Gasteiger partial charge in [-0.2, -0.15) is 0 Å². The minimum Gasteiger partial charge on any atom is -0.469 e. The summed E-state index contributed by atoms with van der Waals surface area (Å²) in [5, 5.41) is 4.74. The van der Waals surface area contributed by atoms with Crippen molar-refractivity contribution in [3.05, 3.63) is 42.2 Å². The van der Waals surface area contributed by atoms with Gasteiger partial charge in [0.2, 0.25) is 0 Å². The Morgan fingerprint density at radius 1 is 1.32 bits per heavy atom. The zero-order valence-electron chi connectivity index (χ0n) is 12.4. The predicted octanol–water partition coefficient (Wildman–Crippen LogP) is 2.31. The van der Waals surface area contributed by atoms with Crippen molar-refractivity contribution in [3.63, 3.8) is 0 Å². The molecular formula is C17H18N2O3. The van der Waals surface area contributed by atoms with Crippen LogP contribution < -0.4 is 5.32 Å². The molecular weight excluding hydrogens is 280 g/mol. The summed E-state index contributed by atoms with van der Waals surface area (Å²) in [5.41, 5.74) is 0.397. The second kappa shape index (κ2) is 6.13. The Hall–Kier alpha value is -2.43. The van der Waals surface area contributed by atoms with Crippen molar-refractivity contribution >= 4 is 22.6 Å². The third kappa shape index (κ3) is 3.08. The van der Waals surface area contributed by atoms with Gasteiger partial charge in [0.15, 0.2) is 0 Å². The third-order valence-corrected chi connectivity index (χ3v) is 4.01. The van der Waals surface area contributed by atoms with Crippen LogP contribution in [0.25, 0.3) is 10.8 Å². The summed E-state index contributed by atoms with van der Waals surface area (Å²) in [4.78, 5) is 28.3. The van der Waals surface area contributed by atoms with Gasteiger partial charge >= 0.3 is 5.97 Å². The lowest BCUT2D eigenvalue weighted by Gasteiger charge is -2.17. The molecule has 1 saturated carbocycles. The molecule has 2 aromatic rings. The molecule has 1 amide bonds. The van der Waals surface area contributed by atoms with Crippen molar-refractivity contribution in [1.82, 2.24) is 10.3 Å². The lowest BCUT2D eigenvalue weighted by atomic mass is 10.1. The number of pyridine rings is 1. The number of benzene rings is 1. The molecule has 0 unspecified atom stereocenters. The maximum Gasteiger partial charge on any atom is 0.307 e. The number of hydrogen-bond donors (Lipinski definition) is 1. The average molecular weight is 298 g/mol. The molecule has 1 aliphatic rings. The highest BCUT2D eigenvalue weighted by atomic mass is 16.5. The molecule has 5 heteroatoms. The molecule has 0 saturated heterocycles. The van der Waals surface area contributed by atoms with E-state index in [4.69, 9.17) is 4.74 Å². The number of nitrogens with one attached hydrogen (secondary N) is 1. The summed E-state index contributed by atoms with van der Waals surface area (Å²) in [7, 11) is 1.36. The highest BCUT2D eigenvalue weighted by Gasteiger charge is 2.34. The minimum atomic E-state index is -0.303. The first kappa shape index (κ1) is 14.5. The van der Waals surface area contributed by atoms with Crippen molar-refractivity contribution in [1.29, 1.82) is 0 Å². The Bertz CT molecular complexity index is 705. The normalized spacial score (nSPS) is 15.3. The van der Waals surface area contributed by atoms with Crippen molar-refractivity contribution in [3.8, 4) is 0 Å². The molecule has 1 N–H and O–H groups in total. The van der Waals surface area contributed by atoms with Gasteiger partial charge in [-0.15, -0.1) is 0 Å². The number of aromatic nitrogens is 1. The lowest BCUT2D eigenvalue weighted by molar-refractivity contribution is -0.141. The number of methoxy groups -OCH3 is 1. The number of ether oxygens (including phenoxy) is 1. The van der Waals surface area contributed by atoms with Crippen LogP contribution in [0.2, 0.25) is 0 Å². The molecule has 1 fully saturated rings. The quantitative estimate of drug-likeness (QED) is 0.860. The molecule has 22 heavy (non-hydrogen) atoms. The second-order valence-corrected chi connectivity index (χ2v) is 5.58. The molecule has 1 aromatic carbocycles. The highest BCUT2D eigenvalue weighted by Crippen LogP contribution is 2.34. The summed E-state index contributed by atoms with van der Waals surface area (Å²) < 4.78 is 4.71. The molecule has 3 rings (SSSR count). The number of carbonyl (C=O) groups is 2. The second-order valence-electron chi connectivity index (χ2n) is 5.58. The lowest BCUT2D eigenvalue weighted by Crippen LogP contribution is -2.38. The molecule has 5 nitrogen and oxygen atoms in total. The molecule has 114 valence electrons. The Morgan fingerprint density at radius 3 is 2.82 bits per heavy atom. The van der Waals surface area contributed by atoms with E-state index >= 15 is 0 Å². The Kier molecular flexibility index (Phi) is 4.04. The molecule has 1 aliphatic carbocycles. The van der Waals surface area contributed by atoms with E-state index in [0.717, 1.165) is 23.6 Å². The first-order chi connectivity index (χ1) is 10.7. The predicted molar refractivity (Wildman–Crippen MR) is 82.4 cm³/mol. The Balaban J connectivity index is 1.81. The van der Waals surface area contributed by atoms with E-state index < -0.39 is 0 Å². The van der Waals surface area contributed by atoms with E-state index in [1.165, 1.54) is 7.11 Å². The van der Waals surface area contributed by atoms with Gasteiger partial charge in [-0.05, 0) is 30.2 Å². The van der Waals surface area contributed by atoms with E-state index in [2.05, 4.69) is 10.3 Å². The first-order valence-electron chi connectivity index (χ1n) is 7.40. The summed E-state index contributed by atoms with van der Waals surface area (Å²) in [5.74, 6) is -0.182. The zero-order chi connectivity index (χ0) is 15.5. The standard InChI is InChI=1S/C17H18N2O3/c1-22-15(20)10-14(12-6-7-12)19-17(21)16-13-5-3-2-4-11(13)8-9-18-16/h2-5,8-9,12,14H,6-7,10H2,1H3,(H,19,21)/t14-/m0/s1. The van der Waals surface area contributed by atoms with Crippen molar-refractivity contribution < 1.29 is 14.3 Å². The fraction of sp³-hybridized carbons (Fsp3) is 0.353. The van der Waals surface area contributed by atoms with Crippen LogP contribution in [-0.2, 0) is 9.53 Å². The Morgan fingerprint density at radius 2 is 2.09 bits per heavy atom. The van der Waals surface area contributed by atoms with Crippen LogP contribution in [0, 0.1) is 5.92 Å². The minimum absolute atomic E-state index is 0.180. The fourth-order valence-electron chi connectivity index (χ4n) is 2.63. The van der Waals surface area contributed by atoms with Crippen LogP contribution in [0.3, 0.4) is 0 Å². The molecule has 1 aromatic heterocycles. The van der Waals surface area contributed by atoms with Gasteiger partial charge < -0.3 is 10.1 Å². The zero-order valence-corrected chi connectivity index (χ0v) is 12.4. The van der Waals surface area contributed by atoms with E-state index in [0.29, 0.717) is 11.6 Å². The first-order valence-corrected chi connectivity index (χ1v) is 7.40. The summed E-state index contributed by atoms with van der Waals surface area (Å²) in [6, 6.07) is 9.33. The van der Waals surface area contributed by atoms with Crippen LogP contribution in [0.1, 0.15) is 29.8 Å². The molecule has 1 heterocycles. The van der Waals surface area contributed by atoms with Crippen molar-refractivity contribution in [2.75, 3.05) is 7.11 Å². The number of rotatable bonds is 5. The smallest absolute Gasteiger partial charge is 0.307 e. The molecule has 0 bridgehead atoms. The van der Waals surface area contributed by atoms with Gasteiger partial charge in [0.05, 0.1) is 13.5 Å². The van der Waals surface area contributed by atoms with Crippen molar-refractivity contribution in [2.24, 2.45) is 5.92 Å². The van der Waals surface area contributed by atoms with Crippen LogP contribution in [0.5, 0.6) is 0 Å². The van der Waals surface area contributed by atoms with Crippen molar-refractivity contribution in [2.45, 2.75) is 25.3 Å². The summed E-state index contributed by atoms with van der Waals surface area (Å²) in [6.45, 7) is 0. The van der Waals surface area contributed by atoms with Gasteiger partial charge in [-0.3, -0.25) is 14.6 Å². The molecule has 0 aliphatic heterocycles. The average Bonchev–Trinajstić information content (AvgIpc) is 3.38. The van der Waals surface area contributed by atoms with Crippen LogP contribution in [0.15, 0.2) is 36.5 Å². The number of hydrogen-bond acceptors (Lipinski definition) is 4. The monoisotopic (exact) mass is 298 g/mol. The fourth-order valence-corrected chi connectivity index (χ4v) is 2.63. The van der Waals surface area contributed by atoms with E-state index in [1.807, 2.05) is 30.3 Å². The third-order valence-electron chi connectivity index (χ3n) is 4.01. The molecule has 1 atom stereocenters. The topological polar surface area (TPSA) is 68.3 Å². The van der Waals surface area contributed by atoms with Gasteiger partial charge in [-0.1, -0.05) is 24.3 Å². The van der Waals surface area contributed by atoms with Gasteiger partial charge in [0.25, 0.3) is 5.91 Å². The highest BCUT2D eigenvalue weighted by molar-refractivity contribution is 6.05. The van der Waals surface area contributed by atoms with Crippen LogP contribution in [0.4, 0.5) is 0 Å². The van der Waals surface area contributed by atoms with E-state index in [1.54, 1.807) is 6.20 Å². The maximum absolute atomic E-state index is 12.5. The number of nitrogens with zero attached hydrogens (tertiary/aromatic N) is 1. The summed E-state index contributed by atoms with van der Waals surface area (Å²) in [6.07, 6.45) is 3.90. The number of amides is 1. The van der Waals surface area contributed by atoms with Crippen LogP contribution >= 0.6 is 0 Å². The SMILES string of the molecule is COC(=O)C[C@H](NC(=O)c1nccc2ccccc12)C1CC1. The maximum atomic E-state index is 12.5. The van der Waals surface area contributed by atoms with Gasteiger partial charge in [0, 0.05) is 17.6 Å². The number of fused-ring (bicyclic) bond motifs is 1. The van der Waals surface area contributed by atoms with Gasteiger partial charge in [0.1, 0.15) is 5.69 Å². The number of esters is 1. The largest absolute Gasteiger partial charge is 0.469 e. The molecule has 0 spiro atoms. The van der Waals surface area contributed by atoms with Crippen LogP contribution in [-0.4, -0.2) is 30.0 Å². The number of carbonyl (C=O) groups excluding carboxylic acids is 2. The van der Waals surface area contributed by atoms with E-state index in [-0.39, 0.29) is 24.3 Å². The van der Waals surface area contributed by atoms with E-state index in [9.17, 15) is 9.59 Å². The van der Waals surface area contributed by atoms with Gasteiger partial charge in [-0.25, -0.2) is 0 Å².